The maximum atomic E-state index is 12.1. The second kappa shape index (κ2) is 7.48. The number of carbonyl (C=O) groups is 1. The number of ether oxygens (including phenoxy) is 1. The average Bonchev–Trinajstić information content (AvgIpc) is 2.72. The Kier molecular flexibility index (Phi) is 5.66. The van der Waals surface area contributed by atoms with Crippen LogP contribution >= 0.6 is 0 Å². The van der Waals surface area contributed by atoms with Gasteiger partial charge in [-0.1, -0.05) is 37.8 Å². The number of amides is 1. The predicted molar refractivity (Wildman–Crippen MR) is 85.8 cm³/mol. The van der Waals surface area contributed by atoms with E-state index in [4.69, 9.17) is 4.74 Å². The van der Waals surface area contributed by atoms with E-state index in [1.54, 1.807) is 0 Å². The first-order chi connectivity index (χ1) is 10.1. The van der Waals surface area contributed by atoms with Gasteiger partial charge in [0.05, 0.1) is 0 Å². The van der Waals surface area contributed by atoms with E-state index in [1.165, 1.54) is 31.2 Å². The molecule has 2 rings (SSSR count). The van der Waals surface area contributed by atoms with Gasteiger partial charge in [0.25, 0.3) is 5.91 Å². The molecule has 0 atom stereocenters. The Labute approximate surface area is 128 Å². The minimum Gasteiger partial charge on any atom is -0.483 e. The standard InChI is InChI=1S/C18H27NO2/c1-13-10-11-14(2)18(15(13)3)21-12-17(20)19-16-8-6-4-5-7-9-16/h10-11,16H,4-9,12H2,1-3H3,(H,19,20). The molecule has 1 aliphatic carbocycles. The summed E-state index contributed by atoms with van der Waals surface area (Å²) in [6.07, 6.45) is 7.25. The molecule has 1 aliphatic rings. The fourth-order valence-electron chi connectivity index (χ4n) is 2.98. The van der Waals surface area contributed by atoms with Crippen molar-refractivity contribution in [3.8, 4) is 5.75 Å². The summed E-state index contributed by atoms with van der Waals surface area (Å²) in [5.41, 5.74) is 3.40. The predicted octanol–water partition coefficient (Wildman–Crippen LogP) is 3.83. The van der Waals surface area contributed by atoms with E-state index in [-0.39, 0.29) is 12.5 Å². The van der Waals surface area contributed by atoms with Gasteiger partial charge in [0.15, 0.2) is 6.61 Å². The molecule has 1 amide bonds. The van der Waals surface area contributed by atoms with Gasteiger partial charge in [-0.05, 0) is 50.3 Å². The van der Waals surface area contributed by atoms with Gasteiger partial charge in [0.2, 0.25) is 0 Å². The lowest BCUT2D eigenvalue weighted by molar-refractivity contribution is -0.123. The van der Waals surface area contributed by atoms with Gasteiger partial charge < -0.3 is 10.1 Å². The van der Waals surface area contributed by atoms with Crippen LogP contribution in [0.4, 0.5) is 0 Å². The van der Waals surface area contributed by atoms with E-state index in [1.807, 2.05) is 19.9 Å². The molecule has 1 aromatic carbocycles. The highest BCUT2D eigenvalue weighted by Gasteiger charge is 2.15. The Morgan fingerprint density at radius 3 is 2.38 bits per heavy atom. The Hall–Kier alpha value is -1.51. The molecule has 1 saturated carbocycles. The average molecular weight is 289 g/mol. The normalized spacial score (nSPS) is 16.3. The first-order valence-corrected chi connectivity index (χ1v) is 8.07. The van der Waals surface area contributed by atoms with Crippen molar-refractivity contribution < 1.29 is 9.53 Å². The number of nitrogens with one attached hydrogen (secondary N) is 1. The van der Waals surface area contributed by atoms with Crippen LogP contribution in [-0.2, 0) is 4.79 Å². The van der Waals surface area contributed by atoms with Crippen LogP contribution in [0.3, 0.4) is 0 Å². The third-order valence-electron chi connectivity index (χ3n) is 4.44. The van der Waals surface area contributed by atoms with E-state index in [2.05, 4.69) is 18.3 Å². The van der Waals surface area contributed by atoms with Crippen molar-refractivity contribution in [2.24, 2.45) is 0 Å². The summed E-state index contributed by atoms with van der Waals surface area (Å²) in [7, 11) is 0. The lowest BCUT2D eigenvalue weighted by atomic mass is 10.1. The first-order valence-electron chi connectivity index (χ1n) is 8.07. The fraction of sp³-hybridized carbons (Fsp3) is 0.611. The number of aryl methyl sites for hydroxylation is 2. The Bertz CT molecular complexity index is 488. The van der Waals surface area contributed by atoms with Gasteiger partial charge in [-0.25, -0.2) is 0 Å². The number of rotatable bonds is 4. The molecule has 116 valence electrons. The van der Waals surface area contributed by atoms with Gasteiger partial charge in [-0.15, -0.1) is 0 Å². The third kappa shape index (κ3) is 4.48. The summed E-state index contributed by atoms with van der Waals surface area (Å²) >= 11 is 0. The SMILES string of the molecule is Cc1ccc(C)c(OCC(=O)NC2CCCCCC2)c1C. The van der Waals surface area contributed by atoms with Crippen LogP contribution in [0.5, 0.6) is 5.75 Å². The number of carbonyl (C=O) groups excluding carboxylic acids is 1. The molecule has 0 radical (unpaired) electrons. The van der Waals surface area contributed by atoms with Crippen LogP contribution < -0.4 is 10.1 Å². The molecule has 0 bridgehead atoms. The summed E-state index contributed by atoms with van der Waals surface area (Å²) in [5.74, 6) is 0.855. The van der Waals surface area contributed by atoms with Crippen LogP contribution in [0, 0.1) is 20.8 Å². The second-order valence-electron chi connectivity index (χ2n) is 6.20. The van der Waals surface area contributed by atoms with Gasteiger partial charge in [0.1, 0.15) is 5.75 Å². The zero-order valence-corrected chi connectivity index (χ0v) is 13.5. The molecule has 21 heavy (non-hydrogen) atoms. The summed E-state index contributed by atoms with van der Waals surface area (Å²) in [6.45, 7) is 6.24. The molecule has 3 nitrogen and oxygen atoms in total. The fourth-order valence-corrected chi connectivity index (χ4v) is 2.98. The minimum atomic E-state index is 0.00204. The molecule has 0 unspecified atom stereocenters. The molecule has 0 heterocycles. The largest absolute Gasteiger partial charge is 0.483 e. The molecule has 0 aliphatic heterocycles. The first kappa shape index (κ1) is 15.9. The number of hydrogen-bond acceptors (Lipinski definition) is 2. The molecular formula is C18H27NO2. The monoisotopic (exact) mass is 289 g/mol. The van der Waals surface area contributed by atoms with Crippen molar-refractivity contribution >= 4 is 5.91 Å². The molecular weight excluding hydrogens is 262 g/mol. The smallest absolute Gasteiger partial charge is 0.258 e. The minimum absolute atomic E-state index is 0.00204. The van der Waals surface area contributed by atoms with Gasteiger partial charge in [0, 0.05) is 6.04 Å². The van der Waals surface area contributed by atoms with Crippen LogP contribution in [0.2, 0.25) is 0 Å². The molecule has 0 saturated heterocycles. The van der Waals surface area contributed by atoms with Crippen LogP contribution in [0.15, 0.2) is 12.1 Å². The lowest BCUT2D eigenvalue weighted by Crippen LogP contribution is -2.37. The topological polar surface area (TPSA) is 38.3 Å². The van der Waals surface area contributed by atoms with Crippen molar-refractivity contribution in [1.82, 2.24) is 5.32 Å². The lowest BCUT2D eigenvalue weighted by Gasteiger charge is -2.18. The maximum Gasteiger partial charge on any atom is 0.258 e. The maximum absolute atomic E-state index is 12.1. The van der Waals surface area contributed by atoms with E-state index >= 15 is 0 Å². The summed E-state index contributed by atoms with van der Waals surface area (Å²) < 4.78 is 5.77. The van der Waals surface area contributed by atoms with Crippen molar-refractivity contribution in [3.63, 3.8) is 0 Å². The molecule has 1 fully saturated rings. The quantitative estimate of drug-likeness (QED) is 0.856. The van der Waals surface area contributed by atoms with Crippen molar-refractivity contribution in [3.05, 3.63) is 28.8 Å². The van der Waals surface area contributed by atoms with Gasteiger partial charge >= 0.3 is 0 Å². The third-order valence-corrected chi connectivity index (χ3v) is 4.44. The van der Waals surface area contributed by atoms with Crippen LogP contribution in [0.25, 0.3) is 0 Å². The van der Waals surface area contributed by atoms with E-state index in [9.17, 15) is 4.79 Å². The van der Waals surface area contributed by atoms with Crippen molar-refractivity contribution in [1.29, 1.82) is 0 Å². The highest BCUT2D eigenvalue weighted by atomic mass is 16.5. The van der Waals surface area contributed by atoms with E-state index < -0.39 is 0 Å². The zero-order valence-electron chi connectivity index (χ0n) is 13.5. The second-order valence-corrected chi connectivity index (χ2v) is 6.20. The van der Waals surface area contributed by atoms with E-state index in [0.29, 0.717) is 6.04 Å². The molecule has 3 heteroatoms. The Morgan fingerprint density at radius 1 is 1.10 bits per heavy atom. The van der Waals surface area contributed by atoms with Crippen molar-refractivity contribution in [2.45, 2.75) is 65.3 Å². The highest BCUT2D eigenvalue weighted by molar-refractivity contribution is 5.78. The molecule has 0 spiro atoms. The zero-order chi connectivity index (χ0) is 15.2. The van der Waals surface area contributed by atoms with Gasteiger partial charge in [-0.2, -0.15) is 0 Å². The summed E-state index contributed by atoms with van der Waals surface area (Å²) in [6, 6.07) is 4.47. The summed E-state index contributed by atoms with van der Waals surface area (Å²) in [5, 5.41) is 3.12. The molecule has 1 aromatic rings. The molecule has 1 N–H and O–H groups in total. The summed E-state index contributed by atoms with van der Waals surface area (Å²) in [4.78, 5) is 12.1. The van der Waals surface area contributed by atoms with Crippen LogP contribution in [0.1, 0.15) is 55.2 Å². The van der Waals surface area contributed by atoms with Crippen LogP contribution in [-0.4, -0.2) is 18.6 Å². The number of hydrogen-bond donors (Lipinski definition) is 1. The molecule has 0 aromatic heterocycles. The van der Waals surface area contributed by atoms with Crippen molar-refractivity contribution in [2.75, 3.05) is 6.61 Å². The van der Waals surface area contributed by atoms with Gasteiger partial charge in [-0.3, -0.25) is 4.79 Å². The highest BCUT2D eigenvalue weighted by Crippen LogP contribution is 2.25. The van der Waals surface area contributed by atoms with E-state index in [0.717, 1.165) is 29.7 Å². The Morgan fingerprint density at radius 2 is 1.71 bits per heavy atom. The number of benzene rings is 1. The Balaban J connectivity index is 1.88.